The summed E-state index contributed by atoms with van der Waals surface area (Å²) in [5.74, 6) is -1.98. The molecule has 19 heavy (non-hydrogen) atoms. The van der Waals surface area contributed by atoms with Crippen molar-refractivity contribution >= 4 is 10.0 Å². The minimum Gasteiger partial charge on any atom is -0.391 e. The number of nitrogens with one attached hydrogen (secondary N) is 1. The molecule has 0 amide bonds. The summed E-state index contributed by atoms with van der Waals surface area (Å²) in [6.45, 7) is 0. The van der Waals surface area contributed by atoms with E-state index < -0.39 is 38.7 Å². The van der Waals surface area contributed by atoms with Gasteiger partial charge in [0, 0.05) is 12.1 Å². The first kappa shape index (κ1) is 14.4. The van der Waals surface area contributed by atoms with Crippen LogP contribution < -0.4 is 4.72 Å². The Kier molecular flexibility index (Phi) is 4.17. The average Bonchev–Trinajstić information content (AvgIpc) is 2.31. The monoisotopic (exact) mass is 291 g/mol. The highest BCUT2D eigenvalue weighted by atomic mass is 32.2. The maximum absolute atomic E-state index is 13.5. The lowest BCUT2D eigenvalue weighted by Gasteiger charge is -2.28. The predicted octanol–water partition coefficient (Wildman–Crippen LogP) is 1.55. The van der Waals surface area contributed by atoms with E-state index in [0.717, 1.165) is 25.0 Å². The number of benzene rings is 1. The van der Waals surface area contributed by atoms with Crippen LogP contribution in [0.4, 0.5) is 8.78 Å². The second kappa shape index (κ2) is 5.52. The molecule has 1 fully saturated rings. The number of aliphatic hydroxyl groups excluding tert-OH is 1. The van der Waals surface area contributed by atoms with E-state index in [1.165, 1.54) is 0 Å². The van der Waals surface area contributed by atoms with Crippen molar-refractivity contribution in [2.45, 2.75) is 42.7 Å². The SMILES string of the molecule is O=S(=O)(N[C@H]1CCCC[C@@H]1O)c1ccc(F)cc1F. The Morgan fingerprint density at radius 3 is 2.53 bits per heavy atom. The van der Waals surface area contributed by atoms with E-state index in [2.05, 4.69) is 4.72 Å². The molecule has 106 valence electrons. The van der Waals surface area contributed by atoms with Crippen molar-refractivity contribution in [2.75, 3.05) is 0 Å². The van der Waals surface area contributed by atoms with Gasteiger partial charge in [-0.2, -0.15) is 0 Å². The van der Waals surface area contributed by atoms with Crippen molar-refractivity contribution in [1.82, 2.24) is 4.72 Å². The second-order valence-corrected chi connectivity index (χ2v) is 6.34. The molecule has 0 spiro atoms. The number of halogens is 2. The van der Waals surface area contributed by atoms with Crippen LogP contribution in [-0.4, -0.2) is 25.7 Å². The lowest BCUT2D eigenvalue weighted by Crippen LogP contribution is -2.45. The molecular weight excluding hydrogens is 276 g/mol. The Morgan fingerprint density at radius 1 is 1.21 bits per heavy atom. The molecule has 1 aromatic rings. The van der Waals surface area contributed by atoms with Crippen LogP contribution in [0.25, 0.3) is 0 Å². The van der Waals surface area contributed by atoms with E-state index in [1.807, 2.05) is 0 Å². The van der Waals surface area contributed by atoms with Crippen LogP contribution in [0.5, 0.6) is 0 Å². The van der Waals surface area contributed by atoms with Crippen LogP contribution in [0.15, 0.2) is 23.1 Å². The van der Waals surface area contributed by atoms with Crippen molar-refractivity contribution in [3.8, 4) is 0 Å². The molecular formula is C12H15F2NO3S. The van der Waals surface area contributed by atoms with E-state index in [4.69, 9.17) is 0 Å². The Bertz CT molecular complexity index is 562. The molecule has 2 N–H and O–H groups in total. The zero-order valence-electron chi connectivity index (χ0n) is 10.1. The quantitative estimate of drug-likeness (QED) is 0.888. The lowest BCUT2D eigenvalue weighted by atomic mass is 9.93. The number of hydrogen-bond acceptors (Lipinski definition) is 3. The van der Waals surface area contributed by atoms with Crippen LogP contribution in [0.2, 0.25) is 0 Å². The van der Waals surface area contributed by atoms with Crippen molar-refractivity contribution in [3.63, 3.8) is 0 Å². The molecule has 2 atom stereocenters. The van der Waals surface area contributed by atoms with Gasteiger partial charge in [-0.05, 0) is 25.0 Å². The summed E-state index contributed by atoms with van der Waals surface area (Å²) >= 11 is 0. The molecule has 1 aliphatic rings. The van der Waals surface area contributed by atoms with Gasteiger partial charge in [0.15, 0.2) is 0 Å². The zero-order chi connectivity index (χ0) is 14.0. The van der Waals surface area contributed by atoms with E-state index in [1.54, 1.807) is 0 Å². The molecule has 0 unspecified atom stereocenters. The average molecular weight is 291 g/mol. The third kappa shape index (κ3) is 3.29. The fourth-order valence-corrected chi connectivity index (χ4v) is 3.57. The maximum Gasteiger partial charge on any atom is 0.243 e. The highest BCUT2D eigenvalue weighted by Crippen LogP contribution is 2.22. The van der Waals surface area contributed by atoms with Gasteiger partial charge in [-0.15, -0.1) is 0 Å². The van der Waals surface area contributed by atoms with E-state index in [9.17, 15) is 22.3 Å². The molecule has 1 aromatic carbocycles. The van der Waals surface area contributed by atoms with Gasteiger partial charge in [-0.3, -0.25) is 0 Å². The first-order chi connectivity index (χ1) is 8.90. The summed E-state index contributed by atoms with van der Waals surface area (Å²) in [5.41, 5.74) is 0. The fourth-order valence-electron chi connectivity index (χ4n) is 2.20. The Hall–Kier alpha value is -1.05. The third-order valence-corrected chi connectivity index (χ3v) is 4.74. The van der Waals surface area contributed by atoms with E-state index >= 15 is 0 Å². The van der Waals surface area contributed by atoms with E-state index in [-0.39, 0.29) is 0 Å². The lowest BCUT2D eigenvalue weighted by molar-refractivity contribution is 0.101. The summed E-state index contributed by atoms with van der Waals surface area (Å²) in [7, 11) is -4.09. The summed E-state index contributed by atoms with van der Waals surface area (Å²) in [5, 5.41) is 9.71. The smallest absolute Gasteiger partial charge is 0.243 e. The standard InChI is InChI=1S/C12H15F2NO3S/c13-8-5-6-12(9(14)7-8)19(17,18)15-10-3-1-2-4-11(10)16/h5-7,10-11,15-16H,1-4H2/t10-,11-/m0/s1. The number of sulfonamides is 1. The number of aliphatic hydroxyl groups is 1. The van der Waals surface area contributed by atoms with Gasteiger partial charge in [0.05, 0.1) is 6.10 Å². The largest absolute Gasteiger partial charge is 0.391 e. The molecule has 0 aromatic heterocycles. The number of hydrogen-bond donors (Lipinski definition) is 2. The molecule has 4 nitrogen and oxygen atoms in total. The second-order valence-electron chi connectivity index (χ2n) is 4.65. The minimum absolute atomic E-state index is 0.503. The first-order valence-electron chi connectivity index (χ1n) is 6.05. The molecule has 1 saturated carbocycles. The first-order valence-corrected chi connectivity index (χ1v) is 7.54. The predicted molar refractivity (Wildman–Crippen MR) is 64.9 cm³/mol. The topological polar surface area (TPSA) is 66.4 Å². The molecule has 0 bridgehead atoms. The Labute approximate surface area is 110 Å². The molecule has 0 saturated heterocycles. The summed E-state index contributed by atoms with van der Waals surface area (Å²) in [6, 6.07) is 1.66. The van der Waals surface area contributed by atoms with Crippen molar-refractivity contribution in [2.24, 2.45) is 0 Å². The molecule has 0 heterocycles. The van der Waals surface area contributed by atoms with Crippen molar-refractivity contribution in [1.29, 1.82) is 0 Å². The summed E-state index contributed by atoms with van der Waals surface area (Å²) < 4.78 is 52.5. The highest BCUT2D eigenvalue weighted by Gasteiger charge is 2.29. The van der Waals surface area contributed by atoms with Crippen molar-refractivity contribution < 1.29 is 22.3 Å². The maximum atomic E-state index is 13.5. The van der Waals surface area contributed by atoms with Gasteiger partial charge in [0.1, 0.15) is 16.5 Å². The summed E-state index contributed by atoms with van der Waals surface area (Å²) in [4.78, 5) is -0.605. The van der Waals surface area contributed by atoms with Crippen LogP contribution in [0.1, 0.15) is 25.7 Å². The van der Waals surface area contributed by atoms with Gasteiger partial charge < -0.3 is 5.11 Å². The third-order valence-electron chi connectivity index (χ3n) is 3.22. The summed E-state index contributed by atoms with van der Waals surface area (Å²) in [6.07, 6.45) is 1.88. The molecule has 2 rings (SSSR count). The van der Waals surface area contributed by atoms with Crippen LogP contribution in [0, 0.1) is 11.6 Å². The van der Waals surface area contributed by atoms with Gasteiger partial charge in [-0.25, -0.2) is 21.9 Å². The van der Waals surface area contributed by atoms with E-state index in [0.29, 0.717) is 18.9 Å². The van der Waals surface area contributed by atoms with Crippen LogP contribution >= 0.6 is 0 Å². The van der Waals surface area contributed by atoms with Gasteiger partial charge >= 0.3 is 0 Å². The Balaban J connectivity index is 2.22. The van der Waals surface area contributed by atoms with Crippen molar-refractivity contribution in [3.05, 3.63) is 29.8 Å². The van der Waals surface area contributed by atoms with Crippen LogP contribution in [0.3, 0.4) is 0 Å². The number of rotatable bonds is 3. The van der Waals surface area contributed by atoms with Gasteiger partial charge in [0.25, 0.3) is 0 Å². The van der Waals surface area contributed by atoms with Crippen LogP contribution in [-0.2, 0) is 10.0 Å². The highest BCUT2D eigenvalue weighted by molar-refractivity contribution is 7.89. The van der Waals surface area contributed by atoms with Gasteiger partial charge in [-0.1, -0.05) is 12.8 Å². The molecule has 1 aliphatic carbocycles. The zero-order valence-corrected chi connectivity index (χ0v) is 11.0. The molecule has 0 radical (unpaired) electrons. The Morgan fingerprint density at radius 2 is 1.89 bits per heavy atom. The molecule has 7 heteroatoms. The van der Waals surface area contributed by atoms with Gasteiger partial charge in [0.2, 0.25) is 10.0 Å². The molecule has 0 aliphatic heterocycles. The normalized spacial score (nSPS) is 24.4. The minimum atomic E-state index is -4.09. The fraction of sp³-hybridized carbons (Fsp3) is 0.500.